The molecule has 0 bridgehead atoms. The molecule has 0 aliphatic heterocycles. The van der Waals surface area contributed by atoms with Crippen LogP contribution >= 0.6 is 23.2 Å². The molecule has 2 aromatic carbocycles. The third-order valence-corrected chi connectivity index (χ3v) is 3.70. The molecule has 2 aromatic rings. The molecular weight excluding hydrogens is 323 g/mol. The van der Waals surface area contributed by atoms with Crippen molar-refractivity contribution in [3.8, 4) is 0 Å². The van der Waals surface area contributed by atoms with E-state index in [9.17, 15) is 9.59 Å². The highest BCUT2D eigenvalue weighted by Crippen LogP contribution is 2.19. The average Bonchev–Trinajstić information content (AvgIpc) is 2.46. The van der Waals surface area contributed by atoms with Crippen molar-refractivity contribution in [2.75, 3.05) is 7.05 Å². The van der Waals surface area contributed by atoms with E-state index in [2.05, 4.69) is 0 Å². The largest absolute Gasteiger partial charge is 0.366 e. The van der Waals surface area contributed by atoms with Crippen LogP contribution in [0.4, 0.5) is 0 Å². The first-order valence-corrected chi connectivity index (χ1v) is 7.23. The summed E-state index contributed by atoms with van der Waals surface area (Å²) in [7, 11) is 1.67. The molecule has 0 aromatic heterocycles. The minimum atomic E-state index is -0.669. The zero-order chi connectivity index (χ0) is 16.3. The van der Waals surface area contributed by atoms with Gasteiger partial charge in [-0.05, 0) is 35.9 Å². The minimum Gasteiger partial charge on any atom is -0.366 e. The van der Waals surface area contributed by atoms with Crippen molar-refractivity contribution in [3.05, 3.63) is 69.2 Å². The van der Waals surface area contributed by atoms with Gasteiger partial charge >= 0.3 is 0 Å². The summed E-state index contributed by atoms with van der Waals surface area (Å²) in [4.78, 5) is 25.2. The molecule has 0 spiro atoms. The number of primary amides is 1. The first-order chi connectivity index (χ1) is 10.4. The molecule has 22 heavy (non-hydrogen) atoms. The van der Waals surface area contributed by atoms with E-state index in [4.69, 9.17) is 28.9 Å². The van der Waals surface area contributed by atoms with Gasteiger partial charge in [-0.1, -0.05) is 35.3 Å². The van der Waals surface area contributed by atoms with Gasteiger partial charge in [0, 0.05) is 24.2 Å². The number of rotatable bonds is 4. The van der Waals surface area contributed by atoms with Crippen LogP contribution in [0.5, 0.6) is 0 Å². The number of carbonyl (C=O) groups excluding carboxylic acids is 2. The molecule has 4 nitrogen and oxygen atoms in total. The van der Waals surface area contributed by atoms with E-state index >= 15 is 0 Å². The zero-order valence-electron chi connectivity index (χ0n) is 11.8. The Morgan fingerprint density at radius 2 is 1.86 bits per heavy atom. The van der Waals surface area contributed by atoms with E-state index in [1.807, 2.05) is 12.1 Å². The number of nitrogens with two attached hydrogens (primary N) is 1. The second-order valence-corrected chi connectivity index (χ2v) is 5.69. The SMILES string of the molecule is CN(Cc1cccc(Cl)c1)C(=O)c1ccc(Cl)c(C(N)=O)c1. The monoisotopic (exact) mass is 336 g/mol. The molecule has 2 rings (SSSR count). The number of hydrogen-bond donors (Lipinski definition) is 1. The van der Waals surface area contributed by atoms with Crippen molar-refractivity contribution < 1.29 is 9.59 Å². The summed E-state index contributed by atoms with van der Waals surface area (Å²) < 4.78 is 0. The fraction of sp³-hybridized carbons (Fsp3) is 0.125. The van der Waals surface area contributed by atoms with Gasteiger partial charge < -0.3 is 10.6 Å². The third-order valence-electron chi connectivity index (χ3n) is 3.13. The third kappa shape index (κ3) is 3.78. The topological polar surface area (TPSA) is 63.4 Å². The number of halogens is 2. The molecule has 0 saturated carbocycles. The van der Waals surface area contributed by atoms with Crippen molar-refractivity contribution in [1.82, 2.24) is 4.90 Å². The van der Waals surface area contributed by atoms with E-state index in [-0.39, 0.29) is 16.5 Å². The Morgan fingerprint density at radius 3 is 2.50 bits per heavy atom. The van der Waals surface area contributed by atoms with Crippen LogP contribution in [0, 0.1) is 0 Å². The average molecular weight is 337 g/mol. The Balaban J connectivity index is 2.20. The minimum absolute atomic E-state index is 0.128. The van der Waals surface area contributed by atoms with Crippen molar-refractivity contribution in [1.29, 1.82) is 0 Å². The molecule has 0 fully saturated rings. The van der Waals surface area contributed by atoms with Gasteiger partial charge in [-0.15, -0.1) is 0 Å². The molecule has 0 atom stereocenters. The molecule has 0 unspecified atom stereocenters. The second kappa shape index (κ2) is 6.81. The predicted octanol–water partition coefficient (Wildman–Crippen LogP) is 3.36. The molecule has 0 aliphatic carbocycles. The summed E-state index contributed by atoms with van der Waals surface area (Å²) in [5.41, 5.74) is 6.62. The van der Waals surface area contributed by atoms with Crippen molar-refractivity contribution in [3.63, 3.8) is 0 Å². The Bertz CT molecular complexity index is 732. The van der Waals surface area contributed by atoms with Crippen LogP contribution in [0.1, 0.15) is 26.3 Å². The lowest BCUT2D eigenvalue weighted by molar-refractivity contribution is 0.0785. The maximum Gasteiger partial charge on any atom is 0.253 e. The lowest BCUT2D eigenvalue weighted by Crippen LogP contribution is -2.26. The standard InChI is InChI=1S/C16H14Cl2N2O2/c1-20(9-10-3-2-4-12(17)7-10)16(22)11-5-6-14(18)13(8-11)15(19)21/h2-8H,9H2,1H3,(H2,19,21). The number of hydrogen-bond acceptors (Lipinski definition) is 2. The Kier molecular flexibility index (Phi) is 5.06. The van der Waals surface area contributed by atoms with Gasteiger partial charge in [0.25, 0.3) is 5.91 Å². The second-order valence-electron chi connectivity index (χ2n) is 4.85. The number of nitrogens with zero attached hydrogens (tertiary/aromatic N) is 1. The molecule has 0 saturated heterocycles. The van der Waals surface area contributed by atoms with Crippen LogP contribution in [0.25, 0.3) is 0 Å². The Hall–Kier alpha value is -2.04. The quantitative estimate of drug-likeness (QED) is 0.930. The normalized spacial score (nSPS) is 10.3. The lowest BCUT2D eigenvalue weighted by Gasteiger charge is -2.18. The number of amides is 2. The maximum absolute atomic E-state index is 12.4. The highest BCUT2D eigenvalue weighted by Gasteiger charge is 2.15. The summed E-state index contributed by atoms with van der Waals surface area (Å²) in [6.45, 7) is 0.397. The van der Waals surface area contributed by atoms with Gasteiger partial charge in [-0.3, -0.25) is 9.59 Å². The molecule has 0 radical (unpaired) electrons. The van der Waals surface area contributed by atoms with Crippen molar-refractivity contribution in [2.24, 2.45) is 5.73 Å². The highest BCUT2D eigenvalue weighted by atomic mass is 35.5. The molecule has 114 valence electrons. The van der Waals surface area contributed by atoms with Crippen molar-refractivity contribution >= 4 is 35.0 Å². The first kappa shape index (κ1) is 16.3. The number of carbonyl (C=O) groups is 2. The van der Waals surface area contributed by atoms with E-state index in [0.29, 0.717) is 17.1 Å². The molecule has 6 heteroatoms. The Morgan fingerprint density at radius 1 is 1.14 bits per heavy atom. The van der Waals surface area contributed by atoms with Crippen LogP contribution in [0.2, 0.25) is 10.0 Å². The maximum atomic E-state index is 12.4. The van der Waals surface area contributed by atoms with Gasteiger partial charge in [0.05, 0.1) is 10.6 Å². The van der Waals surface area contributed by atoms with Crippen LogP contribution in [-0.2, 0) is 6.54 Å². The first-order valence-electron chi connectivity index (χ1n) is 6.47. The van der Waals surface area contributed by atoms with Gasteiger partial charge in [0.15, 0.2) is 0 Å². The van der Waals surface area contributed by atoms with Gasteiger partial charge in [-0.25, -0.2) is 0 Å². The van der Waals surface area contributed by atoms with Crippen LogP contribution in [0.3, 0.4) is 0 Å². The van der Waals surface area contributed by atoms with E-state index in [1.165, 1.54) is 17.0 Å². The molecule has 2 amide bonds. The van der Waals surface area contributed by atoms with Gasteiger partial charge in [-0.2, -0.15) is 0 Å². The molecule has 0 aliphatic rings. The fourth-order valence-corrected chi connectivity index (χ4v) is 2.47. The lowest BCUT2D eigenvalue weighted by atomic mass is 10.1. The predicted molar refractivity (Wildman–Crippen MR) is 87.2 cm³/mol. The summed E-state index contributed by atoms with van der Waals surface area (Å²) in [6.07, 6.45) is 0. The smallest absolute Gasteiger partial charge is 0.253 e. The van der Waals surface area contributed by atoms with Crippen LogP contribution < -0.4 is 5.73 Å². The number of benzene rings is 2. The van der Waals surface area contributed by atoms with E-state index in [1.54, 1.807) is 25.2 Å². The zero-order valence-corrected chi connectivity index (χ0v) is 13.4. The van der Waals surface area contributed by atoms with E-state index in [0.717, 1.165) is 5.56 Å². The van der Waals surface area contributed by atoms with Crippen LogP contribution in [0.15, 0.2) is 42.5 Å². The summed E-state index contributed by atoms with van der Waals surface area (Å²) in [5, 5.41) is 0.836. The Labute approximate surface area is 138 Å². The summed E-state index contributed by atoms with van der Waals surface area (Å²) in [5.74, 6) is -0.906. The summed E-state index contributed by atoms with van der Waals surface area (Å²) in [6, 6.07) is 11.7. The van der Waals surface area contributed by atoms with Gasteiger partial charge in [0.1, 0.15) is 0 Å². The molecule has 2 N–H and O–H groups in total. The fourth-order valence-electron chi connectivity index (χ4n) is 2.05. The summed E-state index contributed by atoms with van der Waals surface area (Å²) >= 11 is 11.8. The van der Waals surface area contributed by atoms with Crippen molar-refractivity contribution in [2.45, 2.75) is 6.54 Å². The van der Waals surface area contributed by atoms with Gasteiger partial charge in [0.2, 0.25) is 5.91 Å². The van der Waals surface area contributed by atoms with E-state index < -0.39 is 5.91 Å². The highest BCUT2D eigenvalue weighted by molar-refractivity contribution is 6.34. The molecular formula is C16H14Cl2N2O2. The molecule has 0 heterocycles. The van der Waals surface area contributed by atoms with Crippen LogP contribution in [-0.4, -0.2) is 23.8 Å².